The van der Waals surface area contributed by atoms with Gasteiger partial charge in [-0.1, -0.05) is 12.1 Å². The van der Waals surface area contributed by atoms with Crippen molar-refractivity contribution in [3.05, 3.63) is 42.2 Å². The monoisotopic (exact) mass is 397 g/mol. The number of benzene rings is 1. The van der Waals surface area contributed by atoms with E-state index in [1.54, 1.807) is 6.33 Å². The highest BCUT2D eigenvalue weighted by Crippen LogP contribution is 2.26. The molecule has 3 heterocycles. The Bertz CT molecular complexity index is 779. The standard InChI is InChI=1S/C22H31N5O2/c1-17(18-5-7-19(8-6-18)26-10-12-29-13-11-26)25-21-14-22(24-16-23-21)27-9-3-2-4-20(27)15-28/h5-8,14,16-17,20,28H,2-4,9-13,15H2,1H3,(H,23,24,25). The number of aliphatic hydroxyl groups is 1. The van der Waals surface area contributed by atoms with Crippen LogP contribution in [-0.4, -0.2) is 60.6 Å². The molecule has 1 aromatic heterocycles. The molecule has 7 heteroatoms. The Labute approximate surface area is 172 Å². The molecule has 4 rings (SSSR count). The fraction of sp³-hybridized carbons (Fsp3) is 0.545. The zero-order chi connectivity index (χ0) is 20.1. The van der Waals surface area contributed by atoms with E-state index < -0.39 is 0 Å². The number of nitrogens with one attached hydrogen (secondary N) is 1. The third kappa shape index (κ3) is 4.79. The van der Waals surface area contributed by atoms with Crippen LogP contribution < -0.4 is 15.1 Å². The number of ether oxygens (including phenoxy) is 1. The Kier molecular flexibility index (Phi) is 6.46. The van der Waals surface area contributed by atoms with Gasteiger partial charge in [-0.3, -0.25) is 0 Å². The van der Waals surface area contributed by atoms with Crippen molar-refractivity contribution >= 4 is 17.3 Å². The second-order valence-electron chi connectivity index (χ2n) is 7.84. The van der Waals surface area contributed by atoms with E-state index in [9.17, 15) is 5.11 Å². The molecule has 156 valence electrons. The molecule has 0 amide bonds. The molecule has 2 aliphatic rings. The molecule has 0 aliphatic carbocycles. The van der Waals surface area contributed by atoms with E-state index in [4.69, 9.17) is 4.74 Å². The molecule has 7 nitrogen and oxygen atoms in total. The zero-order valence-electron chi connectivity index (χ0n) is 17.1. The van der Waals surface area contributed by atoms with Gasteiger partial charge >= 0.3 is 0 Å². The average molecular weight is 398 g/mol. The van der Waals surface area contributed by atoms with Gasteiger partial charge in [-0.05, 0) is 43.9 Å². The molecule has 2 unspecified atom stereocenters. The first-order valence-corrected chi connectivity index (χ1v) is 10.6. The lowest BCUT2D eigenvalue weighted by molar-refractivity contribution is 0.122. The minimum Gasteiger partial charge on any atom is -0.394 e. The van der Waals surface area contributed by atoms with Crippen LogP contribution in [0.25, 0.3) is 0 Å². The van der Waals surface area contributed by atoms with E-state index >= 15 is 0 Å². The first-order valence-electron chi connectivity index (χ1n) is 10.6. The molecule has 0 spiro atoms. The summed E-state index contributed by atoms with van der Waals surface area (Å²) in [6.45, 7) is 6.72. The van der Waals surface area contributed by atoms with Gasteiger partial charge in [0.1, 0.15) is 18.0 Å². The van der Waals surface area contributed by atoms with Gasteiger partial charge in [0.05, 0.1) is 25.9 Å². The number of aromatic nitrogens is 2. The lowest BCUT2D eigenvalue weighted by Gasteiger charge is -2.35. The van der Waals surface area contributed by atoms with Crippen LogP contribution in [0.3, 0.4) is 0 Å². The Hall–Kier alpha value is -2.38. The van der Waals surface area contributed by atoms with E-state index in [0.29, 0.717) is 0 Å². The predicted molar refractivity (Wildman–Crippen MR) is 116 cm³/mol. The van der Waals surface area contributed by atoms with E-state index in [2.05, 4.69) is 56.3 Å². The third-order valence-electron chi connectivity index (χ3n) is 5.92. The molecule has 29 heavy (non-hydrogen) atoms. The molecule has 0 bridgehead atoms. The lowest BCUT2D eigenvalue weighted by Crippen LogP contribution is -2.42. The van der Waals surface area contributed by atoms with Crippen LogP contribution in [0.15, 0.2) is 36.7 Å². The molecule has 0 radical (unpaired) electrons. The van der Waals surface area contributed by atoms with Gasteiger partial charge in [-0.15, -0.1) is 0 Å². The highest BCUT2D eigenvalue weighted by atomic mass is 16.5. The summed E-state index contributed by atoms with van der Waals surface area (Å²) >= 11 is 0. The van der Waals surface area contributed by atoms with Crippen LogP contribution in [0, 0.1) is 0 Å². The maximum Gasteiger partial charge on any atom is 0.134 e. The molecule has 2 fully saturated rings. The highest BCUT2D eigenvalue weighted by molar-refractivity contribution is 5.52. The normalized spacial score (nSPS) is 21.1. The summed E-state index contributed by atoms with van der Waals surface area (Å²) in [6.07, 6.45) is 4.91. The first kappa shape index (κ1) is 19.9. The smallest absolute Gasteiger partial charge is 0.134 e. The molecule has 2 N–H and O–H groups in total. The van der Waals surface area contributed by atoms with Crippen LogP contribution in [0.1, 0.15) is 37.8 Å². The molecule has 2 aromatic rings. The van der Waals surface area contributed by atoms with Crippen molar-refractivity contribution in [2.24, 2.45) is 0 Å². The topological polar surface area (TPSA) is 73.8 Å². The van der Waals surface area contributed by atoms with Crippen molar-refractivity contribution in [3.8, 4) is 0 Å². The van der Waals surface area contributed by atoms with Crippen molar-refractivity contribution in [1.29, 1.82) is 0 Å². The first-order chi connectivity index (χ1) is 14.2. The Balaban J connectivity index is 1.42. The highest BCUT2D eigenvalue weighted by Gasteiger charge is 2.23. The number of piperidine rings is 1. The van der Waals surface area contributed by atoms with Gasteiger partial charge in [0.25, 0.3) is 0 Å². The maximum atomic E-state index is 9.69. The minimum absolute atomic E-state index is 0.131. The van der Waals surface area contributed by atoms with Gasteiger partial charge in [0, 0.05) is 37.4 Å². The predicted octanol–water partition coefficient (Wildman–Crippen LogP) is 2.84. The second kappa shape index (κ2) is 9.41. The molecular weight excluding hydrogens is 366 g/mol. The second-order valence-corrected chi connectivity index (χ2v) is 7.84. The molecule has 1 aromatic carbocycles. The summed E-state index contributed by atoms with van der Waals surface area (Å²) in [7, 11) is 0. The number of rotatable bonds is 6. The van der Waals surface area contributed by atoms with Crippen molar-refractivity contribution in [3.63, 3.8) is 0 Å². The van der Waals surface area contributed by atoms with Crippen LogP contribution in [0.4, 0.5) is 17.3 Å². The molecule has 2 aliphatic heterocycles. The fourth-order valence-electron chi connectivity index (χ4n) is 4.18. The van der Waals surface area contributed by atoms with Crippen molar-refractivity contribution in [2.45, 2.75) is 38.3 Å². The van der Waals surface area contributed by atoms with Crippen molar-refractivity contribution in [2.75, 3.05) is 54.6 Å². The number of nitrogens with zero attached hydrogens (tertiary/aromatic N) is 4. The summed E-state index contributed by atoms with van der Waals surface area (Å²) < 4.78 is 5.44. The summed E-state index contributed by atoms with van der Waals surface area (Å²) in [5.74, 6) is 1.69. The summed E-state index contributed by atoms with van der Waals surface area (Å²) in [6, 6.07) is 11.0. The average Bonchev–Trinajstić information content (AvgIpc) is 2.80. The molecule has 2 atom stereocenters. The Morgan fingerprint density at radius 1 is 1.14 bits per heavy atom. The van der Waals surface area contributed by atoms with E-state index in [1.807, 2.05) is 6.07 Å². The Morgan fingerprint density at radius 2 is 1.93 bits per heavy atom. The van der Waals surface area contributed by atoms with Gasteiger partial charge in [-0.25, -0.2) is 9.97 Å². The number of aliphatic hydroxyl groups excluding tert-OH is 1. The largest absolute Gasteiger partial charge is 0.394 e. The SMILES string of the molecule is CC(Nc1cc(N2CCCCC2CO)ncn1)c1ccc(N2CCOCC2)cc1. The van der Waals surface area contributed by atoms with E-state index in [-0.39, 0.29) is 18.7 Å². The lowest BCUT2D eigenvalue weighted by atomic mass is 10.0. The van der Waals surface area contributed by atoms with Crippen LogP contribution in [0.2, 0.25) is 0 Å². The van der Waals surface area contributed by atoms with Gasteiger partial charge in [0.2, 0.25) is 0 Å². The van der Waals surface area contributed by atoms with Crippen LogP contribution in [0.5, 0.6) is 0 Å². The van der Waals surface area contributed by atoms with Gasteiger partial charge in [-0.2, -0.15) is 0 Å². The van der Waals surface area contributed by atoms with Gasteiger partial charge in [0.15, 0.2) is 0 Å². The quantitative estimate of drug-likeness (QED) is 0.776. The summed E-state index contributed by atoms with van der Waals surface area (Å²) in [5, 5.41) is 13.2. The minimum atomic E-state index is 0.131. The van der Waals surface area contributed by atoms with Crippen molar-refractivity contribution < 1.29 is 9.84 Å². The van der Waals surface area contributed by atoms with Crippen LogP contribution >= 0.6 is 0 Å². The molecular formula is C22H31N5O2. The molecule has 0 saturated carbocycles. The Morgan fingerprint density at radius 3 is 2.69 bits per heavy atom. The third-order valence-corrected chi connectivity index (χ3v) is 5.92. The fourth-order valence-corrected chi connectivity index (χ4v) is 4.18. The van der Waals surface area contributed by atoms with Crippen molar-refractivity contribution in [1.82, 2.24) is 9.97 Å². The number of hydrogen-bond acceptors (Lipinski definition) is 7. The van der Waals surface area contributed by atoms with E-state index in [1.165, 1.54) is 11.3 Å². The number of anilines is 3. The maximum absolute atomic E-state index is 9.69. The molecule has 2 saturated heterocycles. The summed E-state index contributed by atoms with van der Waals surface area (Å²) in [4.78, 5) is 13.4. The summed E-state index contributed by atoms with van der Waals surface area (Å²) in [5.41, 5.74) is 2.46. The number of morpholine rings is 1. The zero-order valence-corrected chi connectivity index (χ0v) is 17.1. The number of hydrogen-bond donors (Lipinski definition) is 2. The van der Waals surface area contributed by atoms with E-state index in [0.717, 1.165) is 63.7 Å². The van der Waals surface area contributed by atoms with Crippen LogP contribution in [-0.2, 0) is 4.74 Å². The van der Waals surface area contributed by atoms with Gasteiger partial charge < -0.3 is 25.0 Å².